The summed E-state index contributed by atoms with van der Waals surface area (Å²) in [5, 5.41) is 0.264. The topological polar surface area (TPSA) is 93.5 Å². The Morgan fingerprint density at radius 2 is 1.55 bits per heavy atom. The Morgan fingerprint density at radius 3 is 2.25 bits per heavy atom. The van der Waals surface area contributed by atoms with Crippen LogP contribution in [0.3, 0.4) is 0 Å². The number of methoxy groups -OCH3 is 2. The smallest absolute Gasteiger partial charge is 0.215 e. The number of pyridine rings is 2. The van der Waals surface area contributed by atoms with E-state index in [0.717, 1.165) is 11.1 Å². The van der Waals surface area contributed by atoms with Crippen molar-refractivity contribution in [1.82, 2.24) is 9.97 Å². The number of rotatable bonds is 7. The second-order valence-corrected chi connectivity index (χ2v) is 9.12. The van der Waals surface area contributed by atoms with Gasteiger partial charge in [-0.1, -0.05) is 34.8 Å². The van der Waals surface area contributed by atoms with Crippen LogP contribution < -0.4 is 25.8 Å². The Labute approximate surface area is 229 Å². The molecule has 0 fully saturated rings. The van der Waals surface area contributed by atoms with Crippen molar-refractivity contribution in [2.24, 2.45) is 0 Å². The maximum absolute atomic E-state index is 15.5. The molecule has 3 N–H and O–H groups in total. The number of aromatic nitrogens is 2. The first-order valence-corrected chi connectivity index (χ1v) is 12.3. The lowest BCUT2D eigenvalue weighted by Crippen LogP contribution is -2.17. The number of H-pyrrole nitrogens is 1. The van der Waals surface area contributed by atoms with E-state index in [1.54, 1.807) is 51.6 Å². The number of nitrogens with zero attached hydrogens (tertiary/aromatic N) is 2. The molecule has 0 aliphatic carbocycles. The van der Waals surface area contributed by atoms with Crippen LogP contribution in [0.25, 0.3) is 33.4 Å². The van der Waals surface area contributed by atoms with Crippen LogP contribution in [0.2, 0.25) is 0 Å². The summed E-state index contributed by atoms with van der Waals surface area (Å²) < 4.78 is 40.7. The van der Waals surface area contributed by atoms with Gasteiger partial charge in [0.25, 0.3) is 0 Å². The number of halogens is 2. The Balaban J connectivity index is 1.46. The second kappa shape index (κ2) is 10.9. The fourth-order valence-electron chi connectivity index (χ4n) is 4.45. The molecule has 0 amide bonds. The van der Waals surface area contributed by atoms with Crippen molar-refractivity contribution in [1.29, 1.82) is 0 Å². The monoisotopic (exact) mass is 540 g/mol. The van der Waals surface area contributed by atoms with Crippen LogP contribution in [-0.2, 0) is 0 Å². The Kier molecular flexibility index (Phi) is 7.20. The van der Waals surface area contributed by atoms with Crippen molar-refractivity contribution in [3.05, 3.63) is 107 Å². The van der Waals surface area contributed by atoms with Crippen molar-refractivity contribution in [3.8, 4) is 44.9 Å². The molecule has 202 valence electrons. The van der Waals surface area contributed by atoms with Crippen LogP contribution in [0.5, 0.6) is 11.5 Å². The van der Waals surface area contributed by atoms with Gasteiger partial charge in [-0.25, -0.2) is 9.37 Å². The molecule has 0 spiro atoms. The molecule has 0 aliphatic rings. The molecular weight excluding hydrogens is 514 g/mol. The number of nitrogen functional groups attached to an aromatic ring is 1. The zero-order valence-electron chi connectivity index (χ0n) is 22.0. The third-order valence-electron chi connectivity index (χ3n) is 6.59. The van der Waals surface area contributed by atoms with Crippen LogP contribution in [0.15, 0.2) is 90.1 Å². The maximum atomic E-state index is 15.5. The average Bonchev–Trinajstić information content (AvgIpc) is 2.97. The van der Waals surface area contributed by atoms with E-state index in [4.69, 9.17) is 15.2 Å². The number of aromatic amines is 1. The molecule has 5 aromatic rings. The number of anilines is 3. The van der Waals surface area contributed by atoms with Crippen molar-refractivity contribution in [2.75, 3.05) is 25.1 Å². The number of aryl methyl sites for hydroxylation is 1. The molecule has 0 aliphatic heterocycles. The minimum absolute atomic E-state index is 0.0279. The summed E-state index contributed by atoms with van der Waals surface area (Å²) >= 11 is 0. The summed E-state index contributed by atoms with van der Waals surface area (Å²) in [4.78, 5) is 20.2. The van der Waals surface area contributed by atoms with E-state index in [9.17, 15) is 9.18 Å². The van der Waals surface area contributed by atoms with E-state index >= 15 is 4.48 Å². The fraction of sp³-hybridized carbons (Fsp3) is 0.0968. The normalized spacial score (nSPS) is 10.8. The Hall–Kier alpha value is -5.18. The van der Waals surface area contributed by atoms with Gasteiger partial charge in [0.15, 0.2) is 11.5 Å². The molecule has 2 aromatic heterocycles. The minimum Gasteiger partial charge on any atom is -0.493 e. The van der Waals surface area contributed by atoms with E-state index in [1.165, 1.54) is 36.7 Å². The summed E-state index contributed by atoms with van der Waals surface area (Å²) in [7, 11) is 3.13. The molecule has 5 rings (SSSR count). The lowest BCUT2D eigenvalue weighted by Gasteiger charge is -2.15. The number of nitrogens with two attached hydrogens (primary N) is 1. The van der Waals surface area contributed by atoms with Crippen LogP contribution in [0, 0.1) is 12.7 Å². The van der Waals surface area contributed by atoms with Gasteiger partial charge in [0, 0.05) is 35.3 Å². The number of ether oxygens (including phenoxy) is 2. The number of nitrogens with one attached hydrogen (secondary N) is 1. The lowest BCUT2D eigenvalue weighted by molar-refractivity contribution is 0.355. The first kappa shape index (κ1) is 26.4. The zero-order chi connectivity index (χ0) is 28.4. The largest absolute Gasteiger partial charge is 0.493 e. The summed E-state index contributed by atoms with van der Waals surface area (Å²) in [6.07, 6.45) is 4.26. The Bertz CT molecular complexity index is 1750. The van der Waals surface area contributed by atoms with Gasteiger partial charge >= 0.3 is 0 Å². The molecule has 0 atom stereocenters. The second-order valence-electron chi connectivity index (χ2n) is 9.12. The zero-order valence-corrected chi connectivity index (χ0v) is 22.0. The molecule has 2 heterocycles. The summed E-state index contributed by atoms with van der Waals surface area (Å²) in [6.45, 7) is 1.75. The molecule has 0 radical (unpaired) electrons. The molecule has 0 saturated carbocycles. The van der Waals surface area contributed by atoms with Crippen molar-refractivity contribution >= 4 is 17.2 Å². The third-order valence-corrected chi connectivity index (χ3v) is 6.59. The molecule has 0 unspecified atom stereocenters. The standard InChI is InChI=1S/C31H26F2N4O3/c1-18-4-10-23(26(32)12-18)25-16-35-17-27(30(25)38)37(33)22-8-5-19(6-9-22)24-13-21(15-36-31(24)34)20-7-11-28(39-2)29(14-20)40-3/h4-17H,1-3H3,(H2,34,36)(H,35,38). The highest BCUT2D eigenvalue weighted by atomic mass is 19.2. The van der Waals surface area contributed by atoms with Gasteiger partial charge in [0.05, 0.1) is 25.5 Å². The highest BCUT2D eigenvalue weighted by molar-refractivity contribution is 5.81. The molecule has 9 heteroatoms. The third kappa shape index (κ3) is 4.96. The minimum atomic E-state index is -0.649. The van der Waals surface area contributed by atoms with Gasteiger partial charge in [-0.15, -0.1) is 0 Å². The van der Waals surface area contributed by atoms with Gasteiger partial charge in [-0.3, -0.25) is 4.79 Å². The van der Waals surface area contributed by atoms with Crippen LogP contribution in [0.1, 0.15) is 5.56 Å². The summed E-state index contributed by atoms with van der Waals surface area (Å²) in [6, 6.07) is 18.4. The number of hydrogen-bond donors (Lipinski definition) is 2. The van der Waals surface area contributed by atoms with Gasteiger partial charge in [0.1, 0.15) is 17.3 Å². The van der Waals surface area contributed by atoms with Crippen LogP contribution in [0.4, 0.5) is 26.1 Å². The van der Waals surface area contributed by atoms with Crippen LogP contribution >= 0.6 is 0 Å². The van der Waals surface area contributed by atoms with Crippen molar-refractivity contribution in [2.45, 2.75) is 6.92 Å². The van der Waals surface area contributed by atoms with Gasteiger partial charge < -0.3 is 20.2 Å². The van der Waals surface area contributed by atoms with Gasteiger partial charge in [-0.2, -0.15) is 5.12 Å². The van der Waals surface area contributed by atoms with E-state index in [2.05, 4.69) is 9.97 Å². The van der Waals surface area contributed by atoms with Crippen molar-refractivity contribution < 1.29 is 18.3 Å². The molecule has 40 heavy (non-hydrogen) atoms. The van der Waals surface area contributed by atoms with E-state index < -0.39 is 11.2 Å². The molecule has 7 nitrogen and oxygen atoms in total. The Morgan fingerprint density at radius 1 is 0.825 bits per heavy atom. The predicted octanol–water partition coefficient (Wildman–Crippen LogP) is 6.84. The van der Waals surface area contributed by atoms with Gasteiger partial charge in [0.2, 0.25) is 5.43 Å². The number of hydrogen-bond acceptors (Lipinski definition) is 6. The van der Waals surface area contributed by atoms with E-state index in [0.29, 0.717) is 34.0 Å². The van der Waals surface area contributed by atoms with Crippen LogP contribution in [-0.4, -0.2) is 24.2 Å². The SMILES string of the molecule is COc1ccc(-c2cnc(N)c(-c3ccc(N(F)c4c[nH]cc(-c5ccc(C)cc5F)c4=O)cc3)c2)cc1OC. The van der Waals surface area contributed by atoms with E-state index in [-0.39, 0.29) is 27.6 Å². The molecular formula is C31H26F2N4O3. The molecule has 3 aromatic carbocycles. The average molecular weight is 541 g/mol. The first-order chi connectivity index (χ1) is 19.3. The van der Waals surface area contributed by atoms with Crippen molar-refractivity contribution in [3.63, 3.8) is 0 Å². The predicted molar refractivity (Wildman–Crippen MR) is 153 cm³/mol. The highest BCUT2D eigenvalue weighted by Gasteiger charge is 2.18. The maximum Gasteiger partial charge on any atom is 0.215 e. The summed E-state index contributed by atoms with van der Waals surface area (Å²) in [5.41, 5.74) is 9.21. The molecule has 0 bridgehead atoms. The van der Waals surface area contributed by atoms with Gasteiger partial charge in [-0.05, 0) is 60.0 Å². The molecule has 0 saturated heterocycles. The highest BCUT2D eigenvalue weighted by Crippen LogP contribution is 2.36. The first-order valence-electron chi connectivity index (χ1n) is 12.3. The quantitative estimate of drug-likeness (QED) is 0.220. The summed E-state index contributed by atoms with van der Waals surface area (Å²) in [5.74, 6) is 0.932. The lowest BCUT2D eigenvalue weighted by atomic mass is 10.0. The van der Waals surface area contributed by atoms with E-state index in [1.807, 2.05) is 18.2 Å². The number of benzene rings is 3. The fourth-order valence-corrected chi connectivity index (χ4v) is 4.45.